The van der Waals surface area contributed by atoms with Gasteiger partial charge in [0, 0.05) is 36.8 Å². The van der Waals surface area contributed by atoms with Gasteiger partial charge in [-0.2, -0.15) is 0 Å². The molecule has 1 aliphatic rings. The molecule has 1 aromatic heterocycles. The van der Waals surface area contributed by atoms with Crippen molar-refractivity contribution in [3.05, 3.63) is 42.1 Å². The van der Waals surface area contributed by atoms with Crippen molar-refractivity contribution in [2.24, 2.45) is 0 Å². The van der Waals surface area contributed by atoms with Crippen LogP contribution in [-0.4, -0.2) is 41.0 Å². The molecule has 1 saturated heterocycles. The lowest BCUT2D eigenvalue weighted by Gasteiger charge is -2.34. The molecule has 2 heterocycles. The van der Waals surface area contributed by atoms with Crippen LogP contribution in [0.25, 0.3) is 10.9 Å². The maximum absolute atomic E-state index is 12.7. The van der Waals surface area contributed by atoms with E-state index in [1.165, 1.54) is 0 Å². The molecule has 23 heavy (non-hydrogen) atoms. The Morgan fingerprint density at radius 3 is 3.04 bits per heavy atom. The van der Waals surface area contributed by atoms with Crippen LogP contribution in [0.4, 0.5) is 0 Å². The van der Waals surface area contributed by atoms with Crippen LogP contribution >= 0.6 is 0 Å². The first kappa shape index (κ1) is 15.9. The molecule has 0 radical (unpaired) electrons. The minimum absolute atomic E-state index is 0.219. The molecular weight excluding hydrogens is 286 g/mol. The zero-order chi connectivity index (χ0) is 16.2. The van der Waals surface area contributed by atoms with Crippen molar-refractivity contribution in [3.8, 4) is 0 Å². The van der Waals surface area contributed by atoms with Gasteiger partial charge in [-0.3, -0.25) is 9.78 Å². The van der Waals surface area contributed by atoms with E-state index >= 15 is 0 Å². The highest BCUT2D eigenvalue weighted by atomic mass is 16.2. The van der Waals surface area contributed by atoms with E-state index in [1.807, 2.05) is 35.2 Å². The van der Waals surface area contributed by atoms with Gasteiger partial charge in [0.2, 0.25) is 5.91 Å². The van der Waals surface area contributed by atoms with Crippen molar-refractivity contribution in [2.45, 2.75) is 45.2 Å². The average molecular weight is 311 g/mol. The monoisotopic (exact) mass is 311 g/mol. The lowest BCUT2D eigenvalue weighted by Crippen LogP contribution is -2.50. The fourth-order valence-corrected chi connectivity index (χ4v) is 3.41. The highest BCUT2D eigenvalue weighted by Gasteiger charge is 2.24. The van der Waals surface area contributed by atoms with Crippen LogP contribution in [0.2, 0.25) is 0 Å². The SMILES string of the molecule is CC(C)NC1CCCN(C(=O)Cc2cccc3ncccc23)C1. The van der Waals surface area contributed by atoms with E-state index in [0.29, 0.717) is 18.5 Å². The number of likely N-dealkylation sites (tertiary alicyclic amines) is 1. The van der Waals surface area contributed by atoms with Gasteiger partial charge >= 0.3 is 0 Å². The molecule has 1 aromatic carbocycles. The van der Waals surface area contributed by atoms with Gasteiger partial charge in [-0.25, -0.2) is 0 Å². The zero-order valence-corrected chi connectivity index (χ0v) is 14.0. The minimum atomic E-state index is 0.219. The van der Waals surface area contributed by atoms with Gasteiger partial charge in [0.15, 0.2) is 0 Å². The van der Waals surface area contributed by atoms with E-state index in [-0.39, 0.29) is 5.91 Å². The predicted octanol–water partition coefficient (Wildman–Crippen LogP) is 2.77. The second-order valence-electron chi connectivity index (χ2n) is 6.66. The van der Waals surface area contributed by atoms with Crippen molar-refractivity contribution in [3.63, 3.8) is 0 Å². The lowest BCUT2D eigenvalue weighted by molar-refractivity contribution is -0.131. The maximum atomic E-state index is 12.7. The highest BCUT2D eigenvalue weighted by molar-refractivity contribution is 5.88. The third kappa shape index (κ3) is 3.88. The molecule has 0 bridgehead atoms. The standard InChI is InChI=1S/C19H25N3O/c1-14(2)21-16-7-5-11-22(13-16)19(23)12-15-6-3-9-18-17(15)8-4-10-20-18/h3-4,6,8-10,14,16,21H,5,7,11-13H2,1-2H3. The number of fused-ring (bicyclic) bond motifs is 1. The van der Waals surface area contributed by atoms with Gasteiger partial charge in [-0.1, -0.05) is 32.0 Å². The topological polar surface area (TPSA) is 45.2 Å². The Morgan fingerprint density at radius 1 is 1.35 bits per heavy atom. The third-order valence-corrected chi connectivity index (χ3v) is 4.42. The van der Waals surface area contributed by atoms with Crippen molar-refractivity contribution < 1.29 is 4.79 Å². The average Bonchev–Trinajstić information content (AvgIpc) is 2.55. The zero-order valence-electron chi connectivity index (χ0n) is 14.0. The normalized spacial score (nSPS) is 18.6. The maximum Gasteiger partial charge on any atom is 0.227 e. The Morgan fingerprint density at radius 2 is 2.22 bits per heavy atom. The number of piperidine rings is 1. The number of aromatic nitrogens is 1. The first-order valence-electron chi connectivity index (χ1n) is 8.50. The number of carbonyl (C=O) groups excluding carboxylic acids is 1. The minimum Gasteiger partial charge on any atom is -0.341 e. The van der Waals surface area contributed by atoms with Crippen LogP contribution in [0, 0.1) is 0 Å². The van der Waals surface area contributed by atoms with Gasteiger partial charge in [0.1, 0.15) is 0 Å². The molecule has 4 nitrogen and oxygen atoms in total. The smallest absolute Gasteiger partial charge is 0.227 e. The van der Waals surface area contributed by atoms with Crippen LogP contribution < -0.4 is 5.32 Å². The molecule has 1 fully saturated rings. The molecule has 0 saturated carbocycles. The first-order chi connectivity index (χ1) is 11.1. The highest BCUT2D eigenvalue weighted by Crippen LogP contribution is 2.19. The molecule has 2 aromatic rings. The Hall–Kier alpha value is -1.94. The second-order valence-corrected chi connectivity index (χ2v) is 6.66. The van der Waals surface area contributed by atoms with E-state index in [0.717, 1.165) is 42.4 Å². The van der Waals surface area contributed by atoms with Crippen LogP contribution in [0.15, 0.2) is 36.5 Å². The Kier molecular flexibility index (Phi) is 4.91. The number of nitrogens with zero attached hydrogens (tertiary/aromatic N) is 2. The number of benzene rings is 1. The van der Waals surface area contributed by atoms with Crippen LogP contribution in [-0.2, 0) is 11.2 Å². The molecule has 1 unspecified atom stereocenters. The molecule has 1 atom stereocenters. The molecule has 1 aliphatic heterocycles. The number of hydrogen-bond acceptors (Lipinski definition) is 3. The van der Waals surface area contributed by atoms with Crippen LogP contribution in [0.5, 0.6) is 0 Å². The van der Waals surface area contributed by atoms with Gasteiger partial charge in [-0.15, -0.1) is 0 Å². The van der Waals surface area contributed by atoms with E-state index in [2.05, 4.69) is 24.1 Å². The molecule has 4 heteroatoms. The summed E-state index contributed by atoms with van der Waals surface area (Å²) < 4.78 is 0. The summed E-state index contributed by atoms with van der Waals surface area (Å²) in [5.41, 5.74) is 2.02. The van der Waals surface area contributed by atoms with Crippen LogP contribution in [0.1, 0.15) is 32.3 Å². The van der Waals surface area contributed by atoms with Gasteiger partial charge < -0.3 is 10.2 Å². The van der Waals surface area contributed by atoms with Crippen molar-refractivity contribution in [1.29, 1.82) is 0 Å². The first-order valence-corrected chi connectivity index (χ1v) is 8.50. The summed E-state index contributed by atoms with van der Waals surface area (Å²) >= 11 is 0. The number of hydrogen-bond donors (Lipinski definition) is 1. The summed E-state index contributed by atoms with van der Waals surface area (Å²) in [7, 11) is 0. The molecule has 122 valence electrons. The van der Waals surface area contributed by atoms with Crippen molar-refractivity contribution in [1.82, 2.24) is 15.2 Å². The molecule has 1 amide bonds. The molecule has 1 N–H and O–H groups in total. The summed E-state index contributed by atoms with van der Waals surface area (Å²) in [6.07, 6.45) is 4.48. The molecule has 0 aliphatic carbocycles. The number of carbonyl (C=O) groups is 1. The van der Waals surface area contributed by atoms with Gasteiger partial charge in [0.05, 0.1) is 11.9 Å². The molecular formula is C19H25N3O. The Labute approximate surface area is 137 Å². The summed E-state index contributed by atoms with van der Waals surface area (Å²) in [5, 5.41) is 4.64. The number of rotatable bonds is 4. The number of amides is 1. The summed E-state index contributed by atoms with van der Waals surface area (Å²) in [4.78, 5) is 19.1. The second kappa shape index (κ2) is 7.09. The van der Waals surface area contributed by atoms with E-state index < -0.39 is 0 Å². The van der Waals surface area contributed by atoms with Gasteiger partial charge in [0.25, 0.3) is 0 Å². The number of nitrogens with one attached hydrogen (secondary N) is 1. The fraction of sp³-hybridized carbons (Fsp3) is 0.474. The van der Waals surface area contributed by atoms with E-state index in [1.54, 1.807) is 6.20 Å². The summed E-state index contributed by atoms with van der Waals surface area (Å²) in [6, 6.07) is 10.9. The summed E-state index contributed by atoms with van der Waals surface area (Å²) in [5.74, 6) is 0.219. The van der Waals surface area contributed by atoms with Crippen molar-refractivity contribution >= 4 is 16.8 Å². The fourth-order valence-electron chi connectivity index (χ4n) is 3.41. The number of pyridine rings is 1. The Bertz CT molecular complexity index is 678. The van der Waals surface area contributed by atoms with Crippen LogP contribution in [0.3, 0.4) is 0 Å². The predicted molar refractivity (Wildman–Crippen MR) is 93.3 cm³/mol. The van der Waals surface area contributed by atoms with E-state index in [9.17, 15) is 4.79 Å². The summed E-state index contributed by atoms with van der Waals surface area (Å²) in [6.45, 7) is 6.01. The third-order valence-electron chi connectivity index (χ3n) is 4.42. The molecule has 3 rings (SSSR count). The lowest BCUT2D eigenvalue weighted by atomic mass is 10.0. The Balaban J connectivity index is 1.71. The largest absolute Gasteiger partial charge is 0.341 e. The van der Waals surface area contributed by atoms with Crippen molar-refractivity contribution in [2.75, 3.05) is 13.1 Å². The molecule has 0 spiro atoms. The van der Waals surface area contributed by atoms with E-state index in [4.69, 9.17) is 0 Å². The van der Waals surface area contributed by atoms with Gasteiger partial charge in [-0.05, 0) is 30.5 Å². The quantitative estimate of drug-likeness (QED) is 0.944.